The lowest BCUT2D eigenvalue weighted by Gasteiger charge is -2.45. The van der Waals surface area contributed by atoms with Crippen LogP contribution in [-0.4, -0.2) is 33.8 Å². The summed E-state index contributed by atoms with van der Waals surface area (Å²) in [4.78, 5) is 21.1. The minimum atomic E-state index is -1.57. The van der Waals surface area contributed by atoms with Crippen LogP contribution >= 0.6 is 0 Å². The van der Waals surface area contributed by atoms with Gasteiger partial charge in [0.05, 0.1) is 5.69 Å². The van der Waals surface area contributed by atoms with E-state index >= 15 is 0 Å². The van der Waals surface area contributed by atoms with Crippen LogP contribution in [0.4, 0.5) is 10.1 Å². The number of halogens is 1. The molecular formula is C15H18FN5O3. The zero-order chi connectivity index (χ0) is 17.5. The lowest BCUT2D eigenvalue weighted by atomic mass is 9.87. The average molecular weight is 335 g/mol. The first-order chi connectivity index (χ1) is 11.4. The van der Waals surface area contributed by atoms with E-state index < -0.39 is 28.8 Å². The fourth-order valence-electron chi connectivity index (χ4n) is 3.41. The van der Waals surface area contributed by atoms with Crippen LogP contribution in [0.15, 0.2) is 22.1 Å². The topological polar surface area (TPSA) is 138 Å². The second-order valence-corrected chi connectivity index (χ2v) is 5.91. The molecule has 8 nitrogen and oxygen atoms in total. The third-order valence-corrected chi connectivity index (χ3v) is 4.41. The largest absolute Gasteiger partial charge is 0.505 e. The van der Waals surface area contributed by atoms with Crippen LogP contribution in [0.25, 0.3) is 0 Å². The van der Waals surface area contributed by atoms with Crippen LogP contribution in [0, 0.1) is 5.82 Å². The molecule has 1 fully saturated rings. The summed E-state index contributed by atoms with van der Waals surface area (Å²) >= 11 is 0. The van der Waals surface area contributed by atoms with Gasteiger partial charge >= 0.3 is 5.97 Å². The quantitative estimate of drug-likeness (QED) is 0.643. The van der Waals surface area contributed by atoms with Crippen LogP contribution in [0.2, 0.25) is 0 Å². The number of hydrogen-bond acceptors (Lipinski definition) is 7. The fraction of sp³-hybridized carbons (Fsp3) is 0.400. The number of nitrogens with two attached hydrogens (primary N) is 2. The van der Waals surface area contributed by atoms with Crippen molar-refractivity contribution in [1.29, 1.82) is 0 Å². The van der Waals surface area contributed by atoms with Crippen molar-refractivity contribution in [1.82, 2.24) is 0 Å². The number of benzene rings is 1. The normalized spacial score (nSPS) is 19.8. The van der Waals surface area contributed by atoms with Gasteiger partial charge in [-0.25, -0.2) is 14.2 Å². The molecule has 1 aromatic rings. The summed E-state index contributed by atoms with van der Waals surface area (Å²) in [6, 6.07) is 2.25. The van der Waals surface area contributed by atoms with Crippen LogP contribution in [0.1, 0.15) is 42.5 Å². The van der Waals surface area contributed by atoms with Crippen molar-refractivity contribution in [2.24, 2.45) is 21.5 Å². The Kier molecular flexibility index (Phi) is 3.78. The summed E-state index contributed by atoms with van der Waals surface area (Å²) in [6.07, 6.45) is 3.99. The predicted molar refractivity (Wildman–Crippen MR) is 86.6 cm³/mol. The van der Waals surface area contributed by atoms with Crippen LogP contribution in [-0.2, 0) is 0 Å². The second kappa shape index (κ2) is 5.66. The molecular weight excluding hydrogens is 317 g/mol. The highest BCUT2D eigenvalue weighted by Crippen LogP contribution is 2.43. The molecule has 1 heterocycles. The van der Waals surface area contributed by atoms with E-state index in [4.69, 9.17) is 16.6 Å². The zero-order valence-corrected chi connectivity index (χ0v) is 12.9. The Morgan fingerprint density at radius 1 is 1.25 bits per heavy atom. The molecule has 2 aliphatic rings. The molecule has 1 spiro atoms. The van der Waals surface area contributed by atoms with E-state index in [1.165, 1.54) is 11.0 Å². The number of aromatic carboxylic acids is 1. The van der Waals surface area contributed by atoms with Gasteiger partial charge in [0.1, 0.15) is 17.0 Å². The van der Waals surface area contributed by atoms with E-state index in [0.717, 1.165) is 25.3 Å². The third kappa shape index (κ3) is 2.41. The molecule has 0 saturated heterocycles. The molecule has 0 unspecified atom stereocenters. The molecule has 0 bridgehead atoms. The fourth-order valence-corrected chi connectivity index (χ4v) is 3.41. The number of rotatable bonds is 2. The molecule has 0 amide bonds. The number of aromatic hydroxyl groups is 1. The molecule has 1 aliphatic heterocycles. The number of hydrogen-bond donors (Lipinski definition) is 4. The van der Waals surface area contributed by atoms with Gasteiger partial charge in [0.25, 0.3) is 0 Å². The molecule has 128 valence electrons. The summed E-state index contributed by atoms with van der Waals surface area (Å²) in [6.45, 7) is 0. The second-order valence-electron chi connectivity index (χ2n) is 5.91. The monoisotopic (exact) mass is 335 g/mol. The number of carbonyl (C=O) groups is 1. The number of nitrogens with zero attached hydrogens (tertiary/aromatic N) is 3. The van der Waals surface area contributed by atoms with E-state index in [2.05, 4.69) is 9.98 Å². The van der Waals surface area contributed by atoms with E-state index in [1.807, 2.05) is 0 Å². The first kappa shape index (κ1) is 16.0. The number of anilines is 1. The Morgan fingerprint density at radius 2 is 1.92 bits per heavy atom. The molecule has 1 saturated carbocycles. The van der Waals surface area contributed by atoms with Crippen molar-refractivity contribution in [2.45, 2.75) is 37.8 Å². The van der Waals surface area contributed by atoms with Crippen LogP contribution < -0.4 is 16.4 Å². The number of phenols is 1. The van der Waals surface area contributed by atoms with Crippen molar-refractivity contribution < 1.29 is 19.4 Å². The lowest BCUT2D eigenvalue weighted by Crippen LogP contribution is -2.58. The van der Waals surface area contributed by atoms with Gasteiger partial charge in [-0.3, -0.25) is 4.90 Å². The van der Waals surface area contributed by atoms with Gasteiger partial charge in [-0.15, -0.1) is 0 Å². The Balaban J connectivity index is 2.18. The van der Waals surface area contributed by atoms with Gasteiger partial charge in [-0.1, -0.05) is 6.42 Å². The van der Waals surface area contributed by atoms with E-state index in [1.54, 1.807) is 0 Å². The van der Waals surface area contributed by atoms with Crippen molar-refractivity contribution in [3.8, 4) is 5.75 Å². The van der Waals surface area contributed by atoms with Crippen LogP contribution in [0.3, 0.4) is 0 Å². The Hall–Kier alpha value is -2.84. The SMILES string of the molecule is NC1=NC2(CCCCC2)N(c2ccc(F)c(C(=O)O)c2O)C(N)=N1. The minimum absolute atomic E-state index is 0.0114. The molecule has 0 radical (unpaired) electrons. The Labute approximate surface area is 137 Å². The first-order valence-electron chi connectivity index (χ1n) is 7.60. The van der Waals surface area contributed by atoms with Crippen LogP contribution in [0.5, 0.6) is 5.75 Å². The summed E-state index contributed by atoms with van der Waals surface area (Å²) in [5, 5.41) is 19.5. The predicted octanol–water partition coefficient (Wildman–Crippen LogP) is 1.34. The maximum absolute atomic E-state index is 13.8. The smallest absolute Gasteiger partial charge is 0.342 e. The van der Waals surface area contributed by atoms with Crippen molar-refractivity contribution in [2.75, 3.05) is 4.90 Å². The Bertz CT molecular complexity index is 756. The number of carboxylic acid groups (broad SMARTS) is 1. The molecule has 0 aromatic heterocycles. The minimum Gasteiger partial charge on any atom is -0.505 e. The summed E-state index contributed by atoms with van der Waals surface area (Å²) in [7, 11) is 0. The van der Waals surface area contributed by atoms with Gasteiger partial charge in [0.2, 0.25) is 11.9 Å². The first-order valence-corrected chi connectivity index (χ1v) is 7.60. The standard InChI is InChI=1S/C15H18FN5O3/c16-8-4-5-9(11(22)10(8)12(23)24)21-14(18)19-13(17)20-15(21)6-2-1-3-7-15/h4-5,22H,1-3,6-7H2,(H,23,24)(H4,17,18,19,20). The maximum atomic E-state index is 13.8. The van der Waals surface area contributed by atoms with Gasteiger partial charge in [0, 0.05) is 0 Å². The molecule has 6 N–H and O–H groups in total. The van der Waals surface area contributed by atoms with Gasteiger partial charge in [-0.2, -0.15) is 4.99 Å². The summed E-state index contributed by atoms with van der Waals surface area (Å²) in [5.74, 6) is -3.29. The molecule has 1 aromatic carbocycles. The number of guanidine groups is 2. The van der Waals surface area contributed by atoms with Gasteiger partial charge < -0.3 is 21.7 Å². The Morgan fingerprint density at radius 3 is 2.54 bits per heavy atom. The number of carboxylic acids is 1. The zero-order valence-electron chi connectivity index (χ0n) is 12.9. The molecule has 9 heteroatoms. The molecule has 24 heavy (non-hydrogen) atoms. The lowest BCUT2D eigenvalue weighted by molar-refractivity contribution is 0.0688. The van der Waals surface area contributed by atoms with Crippen molar-refractivity contribution in [3.05, 3.63) is 23.5 Å². The molecule has 3 rings (SSSR count). The molecule has 0 atom stereocenters. The van der Waals surface area contributed by atoms with E-state index in [9.17, 15) is 14.3 Å². The summed E-state index contributed by atoms with van der Waals surface area (Å²) in [5.41, 5.74) is 10.1. The summed E-state index contributed by atoms with van der Waals surface area (Å²) < 4.78 is 13.8. The van der Waals surface area contributed by atoms with E-state index in [0.29, 0.717) is 12.8 Å². The highest BCUT2D eigenvalue weighted by atomic mass is 19.1. The highest BCUT2D eigenvalue weighted by Gasteiger charge is 2.44. The number of aliphatic imine (C=N–C) groups is 2. The average Bonchev–Trinajstić information content (AvgIpc) is 2.49. The van der Waals surface area contributed by atoms with E-state index in [-0.39, 0.29) is 17.6 Å². The van der Waals surface area contributed by atoms with Gasteiger partial charge in [0.15, 0.2) is 5.75 Å². The van der Waals surface area contributed by atoms with Gasteiger partial charge in [-0.05, 0) is 37.8 Å². The van der Waals surface area contributed by atoms with Crippen molar-refractivity contribution >= 4 is 23.6 Å². The highest BCUT2D eigenvalue weighted by molar-refractivity contribution is 6.07. The molecule has 1 aliphatic carbocycles. The third-order valence-electron chi connectivity index (χ3n) is 4.41. The maximum Gasteiger partial charge on any atom is 0.342 e. The van der Waals surface area contributed by atoms with Crippen molar-refractivity contribution in [3.63, 3.8) is 0 Å².